The minimum Gasteiger partial charge on any atom is -0.465 e. The zero-order valence-corrected chi connectivity index (χ0v) is 15.9. The van der Waals surface area contributed by atoms with E-state index < -0.39 is 11.9 Å². The molecule has 0 atom stereocenters. The average Bonchev–Trinajstić information content (AvgIpc) is 3.27. The second-order valence-corrected chi connectivity index (χ2v) is 7.02. The van der Waals surface area contributed by atoms with Crippen LogP contribution in [0, 0.1) is 0 Å². The molecular weight excluding hydrogens is 378 g/mol. The summed E-state index contributed by atoms with van der Waals surface area (Å²) in [6.45, 7) is 0. The first kappa shape index (κ1) is 17.9. The number of benzene rings is 2. The van der Waals surface area contributed by atoms with Crippen LogP contribution >= 0.6 is 11.3 Å². The van der Waals surface area contributed by atoms with E-state index >= 15 is 0 Å². The van der Waals surface area contributed by atoms with E-state index in [2.05, 4.69) is 0 Å². The summed E-state index contributed by atoms with van der Waals surface area (Å²) in [5, 5.41) is 0. The number of hydrogen-bond acceptors (Lipinski definition) is 6. The normalized spacial score (nSPS) is 10.9. The Kier molecular flexibility index (Phi) is 4.44. The van der Waals surface area contributed by atoms with Crippen LogP contribution in [-0.4, -0.2) is 36.3 Å². The van der Waals surface area contributed by atoms with Gasteiger partial charge < -0.3 is 9.47 Å². The number of carbonyl (C=O) groups excluding carboxylic acids is 3. The molecule has 0 fully saturated rings. The summed E-state index contributed by atoms with van der Waals surface area (Å²) in [6, 6.07) is 16.0. The van der Waals surface area contributed by atoms with Gasteiger partial charge in [0.05, 0.1) is 30.0 Å². The van der Waals surface area contributed by atoms with Crippen LogP contribution < -0.4 is 0 Å². The molecule has 2 aromatic heterocycles. The number of fused-ring (bicyclic) bond motifs is 3. The smallest absolute Gasteiger partial charge is 0.356 e. The van der Waals surface area contributed by atoms with Crippen molar-refractivity contribution in [1.29, 1.82) is 0 Å². The molecule has 0 amide bonds. The van der Waals surface area contributed by atoms with Crippen LogP contribution in [0.4, 0.5) is 0 Å². The number of methoxy groups -OCH3 is 2. The predicted molar refractivity (Wildman–Crippen MR) is 105 cm³/mol. The van der Waals surface area contributed by atoms with Gasteiger partial charge in [-0.15, -0.1) is 11.3 Å². The topological polar surface area (TPSA) is 74.1 Å². The first-order valence-electron chi connectivity index (χ1n) is 8.40. The van der Waals surface area contributed by atoms with Crippen molar-refractivity contribution in [2.75, 3.05) is 14.2 Å². The van der Waals surface area contributed by atoms with Crippen LogP contribution in [0.3, 0.4) is 0 Å². The molecule has 0 radical (unpaired) electrons. The molecule has 4 rings (SSSR count). The lowest BCUT2D eigenvalue weighted by molar-refractivity contribution is 0.0550. The molecule has 0 N–H and O–H groups in total. The zero-order valence-electron chi connectivity index (χ0n) is 15.1. The number of nitrogens with zero attached hydrogens (tertiary/aromatic N) is 1. The third-order valence-corrected chi connectivity index (χ3v) is 5.62. The molecule has 0 saturated carbocycles. The Hall–Kier alpha value is -3.45. The number of ether oxygens (including phenoxy) is 2. The highest BCUT2D eigenvalue weighted by Gasteiger charge is 2.34. The van der Waals surface area contributed by atoms with Crippen molar-refractivity contribution in [1.82, 2.24) is 4.40 Å². The van der Waals surface area contributed by atoms with E-state index in [1.807, 2.05) is 24.3 Å². The number of ketones is 1. The van der Waals surface area contributed by atoms with Crippen molar-refractivity contribution in [2.45, 2.75) is 0 Å². The molecule has 0 bridgehead atoms. The van der Waals surface area contributed by atoms with E-state index in [-0.39, 0.29) is 22.6 Å². The number of aromatic nitrogens is 1. The lowest BCUT2D eigenvalue weighted by atomic mass is 10.0. The first-order chi connectivity index (χ1) is 13.6. The number of esters is 2. The standard InChI is InChI=1S/C21H15NO5S/c1-26-20(24)15-16(18(23)12-8-4-3-5-9-12)19-22(17(15)21(25)27-2)13-10-6-7-11-14(13)28-19/h3-11H,1-2H3. The molecular formula is C21H15NO5S. The lowest BCUT2D eigenvalue weighted by Crippen LogP contribution is -2.15. The molecule has 0 aliphatic rings. The molecule has 4 aromatic rings. The summed E-state index contributed by atoms with van der Waals surface area (Å²) in [6.07, 6.45) is 0. The highest BCUT2D eigenvalue weighted by Crippen LogP contribution is 2.37. The Morgan fingerprint density at radius 3 is 2.14 bits per heavy atom. The lowest BCUT2D eigenvalue weighted by Gasteiger charge is -2.05. The Morgan fingerprint density at radius 1 is 0.821 bits per heavy atom. The van der Waals surface area contributed by atoms with E-state index in [1.165, 1.54) is 25.6 Å². The molecule has 6 nitrogen and oxygen atoms in total. The van der Waals surface area contributed by atoms with Crippen LogP contribution in [-0.2, 0) is 9.47 Å². The summed E-state index contributed by atoms with van der Waals surface area (Å²) in [4.78, 5) is 39.1. The Bertz CT molecular complexity index is 1240. The SMILES string of the molecule is COC(=O)c1c(C(=O)c2ccccc2)c2sc3ccccc3n2c1C(=O)OC. The maximum Gasteiger partial charge on any atom is 0.356 e. The molecule has 0 aliphatic heterocycles. The number of thiazole rings is 1. The predicted octanol–water partition coefficient (Wildman–Crippen LogP) is 3.96. The molecule has 0 aliphatic carbocycles. The van der Waals surface area contributed by atoms with E-state index in [4.69, 9.17) is 9.47 Å². The van der Waals surface area contributed by atoms with Gasteiger partial charge in [-0.3, -0.25) is 9.20 Å². The fraction of sp³-hybridized carbons (Fsp3) is 0.0952. The minimum atomic E-state index is -0.764. The maximum absolute atomic E-state index is 13.3. The maximum atomic E-state index is 13.3. The fourth-order valence-corrected chi connectivity index (χ4v) is 4.44. The number of hydrogen-bond donors (Lipinski definition) is 0. The van der Waals surface area contributed by atoms with E-state index in [1.54, 1.807) is 34.7 Å². The molecule has 140 valence electrons. The van der Waals surface area contributed by atoms with Gasteiger partial charge in [0, 0.05) is 5.56 Å². The molecule has 2 aromatic carbocycles. The second-order valence-electron chi connectivity index (χ2n) is 5.99. The van der Waals surface area contributed by atoms with Crippen LogP contribution in [0.5, 0.6) is 0 Å². The number of carbonyl (C=O) groups is 3. The van der Waals surface area contributed by atoms with Gasteiger partial charge in [0.2, 0.25) is 0 Å². The van der Waals surface area contributed by atoms with Gasteiger partial charge in [0.1, 0.15) is 16.1 Å². The van der Waals surface area contributed by atoms with Crippen molar-refractivity contribution >= 4 is 44.1 Å². The van der Waals surface area contributed by atoms with Crippen molar-refractivity contribution < 1.29 is 23.9 Å². The van der Waals surface area contributed by atoms with Crippen molar-refractivity contribution in [3.8, 4) is 0 Å². The summed E-state index contributed by atoms with van der Waals surface area (Å²) in [5.74, 6) is -1.84. The molecule has 2 heterocycles. The van der Waals surface area contributed by atoms with Gasteiger partial charge in [0.15, 0.2) is 5.78 Å². The number of para-hydroxylation sites is 1. The molecule has 0 saturated heterocycles. The summed E-state index contributed by atoms with van der Waals surface area (Å²) in [7, 11) is 2.44. The molecule has 0 unspecified atom stereocenters. The van der Waals surface area contributed by atoms with Gasteiger partial charge in [-0.2, -0.15) is 0 Å². The van der Waals surface area contributed by atoms with E-state index in [9.17, 15) is 14.4 Å². The van der Waals surface area contributed by atoms with Crippen molar-refractivity contribution in [3.63, 3.8) is 0 Å². The highest BCUT2D eigenvalue weighted by molar-refractivity contribution is 7.24. The highest BCUT2D eigenvalue weighted by atomic mass is 32.1. The van der Waals surface area contributed by atoms with E-state index in [0.29, 0.717) is 15.9 Å². The average molecular weight is 393 g/mol. The van der Waals surface area contributed by atoms with Crippen LogP contribution in [0.2, 0.25) is 0 Å². The Balaban J connectivity index is 2.17. The molecule has 28 heavy (non-hydrogen) atoms. The number of rotatable bonds is 4. The first-order valence-corrected chi connectivity index (χ1v) is 9.22. The Labute approximate surface area is 163 Å². The monoisotopic (exact) mass is 393 g/mol. The molecule has 0 spiro atoms. The second kappa shape index (κ2) is 6.94. The third-order valence-electron chi connectivity index (χ3n) is 4.47. The van der Waals surface area contributed by atoms with E-state index in [0.717, 1.165) is 4.70 Å². The Morgan fingerprint density at radius 2 is 1.46 bits per heavy atom. The van der Waals surface area contributed by atoms with Gasteiger partial charge in [-0.25, -0.2) is 9.59 Å². The van der Waals surface area contributed by atoms with Gasteiger partial charge in [0.25, 0.3) is 0 Å². The quantitative estimate of drug-likeness (QED) is 0.388. The largest absolute Gasteiger partial charge is 0.465 e. The van der Waals surface area contributed by atoms with Gasteiger partial charge in [-0.05, 0) is 12.1 Å². The zero-order chi connectivity index (χ0) is 19.8. The summed E-state index contributed by atoms with van der Waals surface area (Å²) < 4.78 is 12.3. The summed E-state index contributed by atoms with van der Waals surface area (Å²) in [5.41, 5.74) is 1.16. The third kappa shape index (κ3) is 2.59. The van der Waals surface area contributed by atoms with Gasteiger partial charge >= 0.3 is 11.9 Å². The fourth-order valence-electron chi connectivity index (χ4n) is 3.24. The van der Waals surface area contributed by atoms with Crippen LogP contribution in [0.1, 0.15) is 36.8 Å². The van der Waals surface area contributed by atoms with Gasteiger partial charge in [-0.1, -0.05) is 42.5 Å². The minimum absolute atomic E-state index is 0.0129. The van der Waals surface area contributed by atoms with Crippen LogP contribution in [0.25, 0.3) is 15.0 Å². The van der Waals surface area contributed by atoms with Crippen molar-refractivity contribution in [3.05, 3.63) is 77.0 Å². The van der Waals surface area contributed by atoms with Crippen LogP contribution in [0.15, 0.2) is 54.6 Å². The van der Waals surface area contributed by atoms with Crippen molar-refractivity contribution in [2.24, 2.45) is 0 Å². The summed E-state index contributed by atoms with van der Waals surface area (Å²) >= 11 is 1.33. The molecule has 7 heteroatoms.